The summed E-state index contributed by atoms with van der Waals surface area (Å²) in [6.07, 6.45) is 0. The third kappa shape index (κ3) is 7.22. The first-order valence-electron chi connectivity index (χ1n) is 9.79. The van der Waals surface area contributed by atoms with Crippen LogP contribution >= 0.6 is 11.6 Å². The van der Waals surface area contributed by atoms with E-state index in [1.165, 1.54) is 42.5 Å². The zero-order valence-electron chi connectivity index (χ0n) is 18.2. The van der Waals surface area contributed by atoms with Gasteiger partial charge < -0.3 is 14.6 Å². The molecule has 2 N–H and O–H groups in total. The molecule has 1 heterocycles. The Labute approximate surface area is 197 Å². The minimum atomic E-state index is -3.97. The number of benzene rings is 2. The molecule has 33 heavy (non-hydrogen) atoms. The number of nitriles is 1. The van der Waals surface area contributed by atoms with Crippen LogP contribution < -0.4 is 14.8 Å². The van der Waals surface area contributed by atoms with Crippen LogP contribution in [0.3, 0.4) is 0 Å². The van der Waals surface area contributed by atoms with Gasteiger partial charge in [0, 0.05) is 6.07 Å². The molecule has 0 aliphatic rings. The summed E-state index contributed by atoms with van der Waals surface area (Å²) in [5.74, 6) is 0.930. The molecule has 0 aliphatic carbocycles. The van der Waals surface area contributed by atoms with Crippen LogP contribution in [0.4, 0.5) is 11.5 Å². The van der Waals surface area contributed by atoms with Gasteiger partial charge >= 0.3 is 0 Å². The third-order valence-electron chi connectivity index (χ3n) is 4.02. The molecule has 1 aromatic heterocycles. The van der Waals surface area contributed by atoms with Crippen molar-refractivity contribution in [1.29, 1.82) is 5.26 Å². The van der Waals surface area contributed by atoms with Crippen LogP contribution in [0.25, 0.3) is 4.85 Å². The first-order chi connectivity index (χ1) is 15.7. The average Bonchev–Trinajstić information content (AvgIpc) is 3.18. The van der Waals surface area contributed by atoms with Gasteiger partial charge in [0.2, 0.25) is 5.69 Å². The summed E-state index contributed by atoms with van der Waals surface area (Å²) < 4.78 is 37.7. The van der Waals surface area contributed by atoms with Gasteiger partial charge in [0.05, 0.1) is 22.1 Å². The van der Waals surface area contributed by atoms with Gasteiger partial charge in [0.15, 0.2) is 5.82 Å². The largest absolute Gasteiger partial charge is 0.456 e. The Hall–Kier alpha value is -3.57. The number of hydrogen-bond acceptors (Lipinski definition) is 7. The second-order valence-corrected chi connectivity index (χ2v) is 8.57. The Balaban J connectivity index is 0.000000696. The smallest absolute Gasteiger partial charge is 0.263 e. The number of nitrogens with one attached hydrogen (secondary N) is 2. The molecule has 0 unspecified atom stereocenters. The van der Waals surface area contributed by atoms with Crippen molar-refractivity contribution in [2.45, 2.75) is 25.7 Å². The van der Waals surface area contributed by atoms with Crippen LogP contribution in [-0.4, -0.2) is 26.7 Å². The second-order valence-electron chi connectivity index (χ2n) is 6.48. The van der Waals surface area contributed by atoms with Crippen LogP contribution in [0.15, 0.2) is 51.9 Å². The Morgan fingerprint density at radius 2 is 1.94 bits per heavy atom. The van der Waals surface area contributed by atoms with Crippen LogP contribution in [0.1, 0.15) is 25.2 Å². The quantitative estimate of drug-likeness (QED) is 0.435. The standard InChI is InChI=1S/C18H11ClN4O4S.C4H11N/c1-11-7-18(22-27-11)23-28(24,25)14-4-6-17(12(8-14)10-20)26-13-3-5-16(21-2)15(19)9-13;1-3-5-4-2/h3-9H,1H3,(H,22,23);5H,3-4H2,1-2H3. The van der Waals surface area contributed by atoms with E-state index in [1.807, 2.05) is 6.07 Å². The maximum Gasteiger partial charge on any atom is 0.263 e. The lowest BCUT2D eigenvalue weighted by molar-refractivity contribution is 0.400. The molecule has 0 fully saturated rings. The summed E-state index contributed by atoms with van der Waals surface area (Å²) in [5.41, 5.74) is 0.273. The van der Waals surface area contributed by atoms with Gasteiger partial charge in [-0.1, -0.05) is 36.7 Å². The number of anilines is 1. The number of ether oxygens (including phenoxy) is 1. The van der Waals surface area contributed by atoms with Gasteiger partial charge in [-0.25, -0.2) is 13.3 Å². The van der Waals surface area contributed by atoms with Crippen molar-refractivity contribution in [3.63, 3.8) is 0 Å². The number of nitrogens with zero attached hydrogens (tertiary/aromatic N) is 3. The molecule has 0 spiro atoms. The van der Waals surface area contributed by atoms with Gasteiger partial charge in [-0.2, -0.15) is 5.26 Å². The van der Waals surface area contributed by atoms with E-state index in [-0.39, 0.29) is 32.7 Å². The number of hydrogen-bond donors (Lipinski definition) is 2. The topological polar surface area (TPSA) is 122 Å². The van der Waals surface area contributed by atoms with Crippen molar-refractivity contribution in [1.82, 2.24) is 10.5 Å². The molecule has 2 aromatic carbocycles. The van der Waals surface area contributed by atoms with E-state index in [0.717, 1.165) is 13.1 Å². The lowest BCUT2D eigenvalue weighted by atomic mass is 10.2. The third-order valence-corrected chi connectivity index (χ3v) is 5.67. The SMILES string of the molecule is CCNCC.[C-]#[N+]c1ccc(Oc2ccc(S(=O)(=O)Nc3cc(C)on3)cc2C#N)cc1Cl. The molecule has 0 bridgehead atoms. The van der Waals surface area contributed by atoms with Gasteiger partial charge in [-0.15, -0.1) is 0 Å². The highest BCUT2D eigenvalue weighted by molar-refractivity contribution is 7.92. The van der Waals surface area contributed by atoms with Gasteiger partial charge in [0.25, 0.3) is 10.0 Å². The molecule has 0 saturated carbocycles. The summed E-state index contributed by atoms with van der Waals surface area (Å²) in [4.78, 5) is 3.11. The molecule has 3 aromatic rings. The lowest BCUT2D eigenvalue weighted by Gasteiger charge is -2.10. The first kappa shape index (κ1) is 25.7. The van der Waals surface area contributed by atoms with E-state index in [4.69, 9.17) is 27.4 Å². The molecule has 0 atom stereocenters. The fraction of sp³-hybridized carbons (Fsp3) is 0.227. The minimum Gasteiger partial charge on any atom is -0.456 e. The second kappa shape index (κ2) is 11.9. The highest BCUT2D eigenvalue weighted by Gasteiger charge is 2.19. The van der Waals surface area contributed by atoms with Crippen molar-refractivity contribution in [3.8, 4) is 17.6 Å². The molecule has 172 valence electrons. The van der Waals surface area contributed by atoms with E-state index in [9.17, 15) is 13.7 Å². The van der Waals surface area contributed by atoms with Crippen LogP contribution in [0.5, 0.6) is 11.5 Å². The van der Waals surface area contributed by atoms with Crippen LogP contribution in [-0.2, 0) is 10.0 Å². The van der Waals surface area contributed by atoms with Crippen molar-refractivity contribution in [2.75, 3.05) is 17.8 Å². The number of aryl methyl sites for hydroxylation is 1. The zero-order valence-corrected chi connectivity index (χ0v) is 19.8. The number of sulfonamides is 1. The molecule has 0 radical (unpaired) electrons. The van der Waals surface area contributed by atoms with Crippen LogP contribution in [0, 0.1) is 24.8 Å². The van der Waals surface area contributed by atoms with Gasteiger partial charge in [-0.05, 0) is 50.3 Å². The molecule has 0 aliphatic heterocycles. The van der Waals surface area contributed by atoms with Crippen molar-refractivity contribution in [3.05, 3.63) is 70.2 Å². The number of rotatable bonds is 7. The van der Waals surface area contributed by atoms with E-state index >= 15 is 0 Å². The number of aromatic nitrogens is 1. The normalized spacial score (nSPS) is 10.4. The maximum absolute atomic E-state index is 12.5. The molecule has 9 nitrogen and oxygen atoms in total. The first-order valence-corrected chi connectivity index (χ1v) is 11.7. The van der Waals surface area contributed by atoms with E-state index < -0.39 is 10.0 Å². The van der Waals surface area contributed by atoms with Crippen molar-refractivity contribution < 1.29 is 17.7 Å². The predicted octanol–water partition coefficient (Wildman–Crippen LogP) is 5.27. The van der Waals surface area contributed by atoms with Crippen molar-refractivity contribution >= 4 is 33.1 Å². The molecule has 3 rings (SSSR count). The van der Waals surface area contributed by atoms with E-state index in [1.54, 1.807) is 6.92 Å². The maximum atomic E-state index is 12.5. The Kier molecular flexibility index (Phi) is 9.25. The van der Waals surface area contributed by atoms with Gasteiger partial charge in [0.1, 0.15) is 23.3 Å². The Morgan fingerprint density at radius 3 is 2.45 bits per heavy atom. The fourth-order valence-electron chi connectivity index (χ4n) is 2.48. The highest BCUT2D eigenvalue weighted by atomic mass is 35.5. The number of halogens is 1. The summed E-state index contributed by atoms with van der Waals surface area (Å²) >= 11 is 5.97. The summed E-state index contributed by atoms with van der Waals surface area (Å²) in [7, 11) is -3.97. The summed E-state index contributed by atoms with van der Waals surface area (Å²) in [6.45, 7) is 15.0. The minimum absolute atomic E-state index is 0.00425. The highest BCUT2D eigenvalue weighted by Crippen LogP contribution is 2.33. The van der Waals surface area contributed by atoms with Gasteiger partial charge in [-0.3, -0.25) is 4.72 Å². The lowest BCUT2D eigenvalue weighted by Crippen LogP contribution is -2.13. The molecule has 11 heteroatoms. The molecular weight excluding hydrogens is 466 g/mol. The Morgan fingerprint density at radius 1 is 1.21 bits per heavy atom. The molecule has 0 amide bonds. The summed E-state index contributed by atoms with van der Waals surface area (Å²) in [6, 6.07) is 11.6. The monoisotopic (exact) mass is 487 g/mol. The van der Waals surface area contributed by atoms with Crippen molar-refractivity contribution in [2.24, 2.45) is 0 Å². The molecular formula is C22H22ClN5O4S. The van der Waals surface area contributed by atoms with Crippen LogP contribution in [0.2, 0.25) is 5.02 Å². The van der Waals surface area contributed by atoms with E-state index in [0.29, 0.717) is 11.5 Å². The average molecular weight is 488 g/mol. The zero-order chi connectivity index (χ0) is 24.4. The van der Waals surface area contributed by atoms with E-state index in [2.05, 4.69) is 33.9 Å². The summed E-state index contributed by atoms with van der Waals surface area (Å²) in [5, 5.41) is 16.3. The molecule has 0 saturated heterocycles. The predicted molar refractivity (Wildman–Crippen MR) is 125 cm³/mol. The Bertz CT molecular complexity index is 1290. The fourth-order valence-corrected chi connectivity index (χ4v) is 3.70.